The van der Waals surface area contributed by atoms with Gasteiger partial charge in [-0.2, -0.15) is 0 Å². The summed E-state index contributed by atoms with van der Waals surface area (Å²) >= 11 is 0. The molecule has 0 radical (unpaired) electrons. The van der Waals surface area contributed by atoms with Gasteiger partial charge in [0, 0.05) is 0 Å². The van der Waals surface area contributed by atoms with Crippen LogP contribution in [0.5, 0.6) is 0 Å². The highest BCUT2D eigenvalue weighted by Crippen LogP contribution is 2.24. The fourth-order valence-electron chi connectivity index (χ4n) is 1.43. The largest absolute Gasteiger partial charge is 0.386 e. The predicted octanol–water partition coefficient (Wildman–Crippen LogP) is 0.785. The van der Waals surface area contributed by atoms with Crippen molar-refractivity contribution in [1.82, 2.24) is 4.90 Å². The zero-order chi connectivity index (χ0) is 11.7. The van der Waals surface area contributed by atoms with E-state index >= 15 is 0 Å². The molecule has 1 fully saturated rings. The van der Waals surface area contributed by atoms with Crippen molar-refractivity contribution in [2.75, 3.05) is 19.7 Å². The summed E-state index contributed by atoms with van der Waals surface area (Å²) in [7, 11) is 0. The number of hydrogen-bond acceptors (Lipinski definition) is 3. The normalized spacial score (nSPS) is 19.9. The lowest BCUT2D eigenvalue weighted by atomic mass is 9.91. The first kappa shape index (κ1) is 12.5. The van der Waals surface area contributed by atoms with Crippen molar-refractivity contribution in [3.05, 3.63) is 0 Å². The molecule has 1 heterocycles. The Hall–Kier alpha value is -0.610. The van der Waals surface area contributed by atoms with Crippen LogP contribution in [0.3, 0.4) is 0 Å². The lowest BCUT2D eigenvalue weighted by molar-refractivity contribution is -0.164. The Labute approximate surface area is 91.2 Å². The summed E-state index contributed by atoms with van der Waals surface area (Å²) < 4.78 is 5.38. The van der Waals surface area contributed by atoms with Gasteiger partial charge in [-0.1, -0.05) is 6.92 Å². The Bertz CT molecular complexity index is 239. The maximum absolute atomic E-state index is 11.6. The van der Waals surface area contributed by atoms with Crippen molar-refractivity contribution in [2.24, 2.45) is 0 Å². The number of ether oxygens (including phenoxy) is 1. The van der Waals surface area contributed by atoms with Crippen molar-refractivity contribution in [2.45, 2.75) is 45.3 Å². The van der Waals surface area contributed by atoms with Crippen molar-refractivity contribution in [3.8, 4) is 0 Å². The van der Waals surface area contributed by atoms with E-state index in [4.69, 9.17) is 4.74 Å². The lowest BCUT2D eigenvalue weighted by Gasteiger charge is -2.46. The minimum absolute atomic E-state index is 0.0388. The molecule has 4 nitrogen and oxygen atoms in total. The van der Waals surface area contributed by atoms with Crippen LogP contribution in [0.4, 0.5) is 0 Å². The van der Waals surface area contributed by atoms with Crippen molar-refractivity contribution >= 4 is 5.91 Å². The fourth-order valence-corrected chi connectivity index (χ4v) is 1.43. The van der Waals surface area contributed by atoms with Crippen molar-refractivity contribution in [1.29, 1.82) is 0 Å². The second kappa shape index (κ2) is 4.10. The summed E-state index contributed by atoms with van der Waals surface area (Å²) in [6.07, 6.45) is 0.691. The summed E-state index contributed by atoms with van der Waals surface area (Å²) in [4.78, 5) is 13.2. The van der Waals surface area contributed by atoms with Gasteiger partial charge in [0.15, 0.2) is 0 Å². The van der Waals surface area contributed by atoms with E-state index in [1.54, 1.807) is 4.90 Å². The average molecular weight is 215 g/mol. The molecule has 15 heavy (non-hydrogen) atoms. The van der Waals surface area contributed by atoms with Crippen LogP contribution in [0.1, 0.15) is 34.1 Å². The van der Waals surface area contributed by atoms with Gasteiger partial charge in [-0.05, 0) is 27.2 Å². The molecule has 1 aliphatic rings. The zero-order valence-corrected chi connectivity index (χ0v) is 10.0. The number of amides is 1. The van der Waals surface area contributed by atoms with Crippen LogP contribution >= 0.6 is 0 Å². The number of β-amino-alcohol motifs (C(OH)–C–C–N with tert-alkyl or cyclic N) is 1. The second-order valence-electron chi connectivity index (χ2n) is 5.23. The number of carbonyl (C=O) groups is 1. The molecule has 0 atom stereocenters. The molecule has 1 amide bonds. The molecule has 0 saturated carbocycles. The molecule has 0 aromatic rings. The highest BCUT2D eigenvalue weighted by Gasteiger charge is 2.41. The molecule has 0 spiro atoms. The third-order valence-electron chi connectivity index (χ3n) is 2.61. The molecule has 0 aromatic heterocycles. The molecule has 1 aliphatic heterocycles. The van der Waals surface area contributed by atoms with E-state index in [0.29, 0.717) is 19.5 Å². The predicted molar refractivity (Wildman–Crippen MR) is 57.5 cm³/mol. The quantitative estimate of drug-likeness (QED) is 0.757. The maximum Gasteiger partial charge on any atom is 0.248 e. The van der Waals surface area contributed by atoms with Crippen molar-refractivity contribution in [3.63, 3.8) is 0 Å². The molecule has 0 unspecified atom stereocenters. The minimum Gasteiger partial charge on any atom is -0.386 e. The molecule has 0 bridgehead atoms. The van der Waals surface area contributed by atoms with Crippen LogP contribution in [0.2, 0.25) is 0 Å². The fraction of sp³-hybridized carbons (Fsp3) is 0.909. The number of likely N-dealkylation sites (tertiary alicyclic amines) is 1. The highest BCUT2D eigenvalue weighted by molar-refractivity contribution is 5.78. The van der Waals surface area contributed by atoms with Gasteiger partial charge in [0.25, 0.3) is 0 Å². The van der Waals surface area contributed by atoms with Gasteiger partial charge in [-0.3, -0.25) is 4.79 Å². The number of carbonyl (C=O) groups excluding carboxylic acids is 1. The summed E-state index contributed by atoms with van der Waals surface area (Å²) in [6.45, 7) is 8.65. The van der Waals surface area contributed by atoms with E-state index in [0.717, 1.165) is 0 Å². The molecule has 1 rings (SSSR count). The summed E-state index contributed by atoms with van der Waals surface area (Å²) in [5.41, 5.74) is -0.945. The molecular formula is C11H21NO3. The van der Waals surface area contributed by atoms with Crippen LogP contribution in [0.15, 0.2) is 0 Å². The van der Waals surface area contributed by atoms with Crippen LogP contribution in [-0.4, -0.2) is 46.8 Å². The first-order chi connectivity index (χ1) is 6.76. The number of hydrogen-bond donors (Lipinski definition) is 1. The molecule has 88 valence electrons. The van der Waals surface area contributed by atoms with Crippen molar-refractivity contribution < 1.29 is 14.6 Å². The van der Waals surface area contributed by atoms with E-state index in [-0.39, 0.29) is 18.1 Å². The van der Waals surface area contributed by atoms with Gasteiger partial charge in [0.1, 0.15) is 6.61 Å². The smallest absolute Gasteiger partial charge is 0.248 e. The molecule has 1 N–H and O–H groups in total. The topological polar surface area (TPSA) is 49.8 Å². The van der Waals surface area contributed by atoms with Gasteiger partial charge in [-0.25, -0.2) is 0 Å². The number of rotatable bonds is 3. The monoisotopic (exact) mass is 215 g/mol. The summed E-state index contributed by atoms with van der Waals surface area (Å²) in [6, 6.07) is 0. The Kier molecular flexibility index (Phi) is 3.41. The Balaban J connectivity index is 2.27. The van der Waals surface area contributed by atoms with E-state index in [1.807, 2.05) is 27.7 Å². The Morgan fingerprint density at radius 2 is 2.00 bits per heavy atom. The number of nitrogens with zero attached hydrogens (tertiary/aromatic N) is 1. The molecule has 0 aliphatic carbocycles. The summed E-state index contributed by atoms with van der Waals surface area (Å²) in [5.74, 6) is -0.0388. The lowest BCUT2D eigenvalue weighted by Crippen LogP contribution is -2.63. The molecule has 4 heteroatoms. The first-order valence-corrected chi connectivity index (χ1v) is 5.40. The maximum atomic E-state index is 11.6. The minimum atomic E-state index is -0.655. The van der Waals surface area contributed by atoms with Gasteiger partial charge in [0.2, 0.25) is 5.91 Å². The SMILES string of the molecule is CCC1(O)CN(C(=O)COC(C)(C)C)C1. The average Bonchev–Trinajstić information content (AvgIpc) is 2.08. The second-order valence-corrected chi connectivity index (χ2v) is 5.23. The van der Waals surface area contributed by atoms with Gasteiger partial charge >= 0.3 is 0 Å². The van der Waals surface area contributed by atoms with Crippen LogP contribution in [-0.2, 0) is 9.53 Å². The molecule has 1 saturated heterocycles. The molecular weight excluding hydrogens is 194 g/mol. The van der Waals surface area contributed by atoms with E-state index in [2.05, 4.69) is 0 Å². The third kappa shape index (κ3) is 3.47. The number of aliphatic hydroxyl groups is 1. The van der Waals surface area contributed by atoms with Gasteiger partial charge in [0.05, 0.1) is 24.3 Å². The van der Waals surface area contributed by atoms with E-state index < -0.39 is 5.60 Å². The Morgan fingerprint density at radius 1 is 1.47 bits per heavy atom. The highest BCUT2D eigenvalue weighted by atomic mass is 16.5. The Morgan fingerprint density at radius 3 is 2.40 bits per heavy atom. The summed E-state index contributed by atoms with van der Waals surface area (Å²) in [5, 5.41) is 9.73. The van der Waals surface area contributed by atoms with Gasteiger partial charge < -0.3 is 14.7 Å². The van der Waals surface area contributed by atoms with Crippen LogP contribution in [0.25, 0.3) is 0 Å². The van der Waals surface area contributed by atoms with Crippen LogP contribution < -0.4 is 0 Å². The van der Waals surface area contributed by atoms with Gasteiger partial charge in [-0.15, -0.1) is 0 Å². The van der Waals surface area contributed by atoms with E-state index in [9.17, 15) is 9.90 Å². The first-order valence-electron chi connectivity index (χ1n) is 5.40. The van der Waals surface area contributed by atoms with Crippen LogP contribution in [0, 0.1) is 0 Å². The van der Waals surface area contributed by atoms with E-state index in [1.165, 1.54) is 0 Å². The third-order valence-corrected chi connectivity index (χ3v) is 2.61. The molecule has 0 aromatic carbocycles. The zero-order valence-electron chi connectivity index (χ0n) is 10.0. The standard InChI is InChI=1S/C11H21NO3/c1-5-11(14)7-12(8-11)9(13)6-15-10(2,3)4/h14H,5-8H2,1-4H3.